The molecule has 142 valence electrons. The quantitative estimate of drug-likeness (QED) is 0.545. The molecule has 3 amide bonds. The van der Waals surface area contributed by atoms with Crippen molar-refractivity contribution in [3.8, 4) is 0 Å². The number of anilines is 1. The third-order valence-electron chi connectivity index (χ3n) is 3.77. The Morgan fingerprint density at radius 2 is 1.57 bits per heavy atom. The van der Waals surface area contributed by atoms with Gasteiger partial charge in [0.1, 0.15) is 0 Å². The molecule has 0 bridgehead atoms. The number of pyridine rings is 1. The lowest BCUT2D eigenvalue weighted by molar-refractivity contribution is 0.0910. The largest absolute Gasteiger partial charge is 0.459 e. The second kappa shape index (κ2) is 9.13. The van der Waals surface area contributed by atoms with E-state index in [1.165, 1.54) is 12.5 Å². The van der Waals surface area contributed by atoms with Crippen LogP contribution in [0.2, 0.25) is 0 Å². The minimum Gasteiger partial charge on any atom is -0.459 e. The maximum atomic E-state index is 12.1. The van der Waals surface area contributed by atoms with Crippen molar-refractivity contribution < 1.29 is 18.8 Å². The van der Waals surface area contributed by atoms with E-state index >= 15 is 0 Å². The molecular weight excluding hydrogens is 360 g/mol. The van der Waals surface area contributed by atoms with Crippen LogP contribution in [0.4, 0.5) is 5.69 Å². The Morgan fingerprint density at radius 1 is 0.821 bits per heavy atom. The summed E-state index contributed by atoms with van der Waals surface area (Å²) in [4.78, 5) is 39.8. The zero-order valence-electron chi connectivity index (χ0n) is 14.8. The van der Waals surface area contributed by atoms with E-state index in [1.54, 1.807) is 54.7 Å². The first-order valence-electron chi connectivity index (χ1n) is 8.55. The second-order valence-corrected chi connectivity index (χ2v) is 5.76. The van der Waals surface area contributed by atoms with Crippen LogP contribution in [0.5, 0.6) is 0 Å². The summed E-state index contributed by atoms with van der Waals surface area (Å²) in [5.74, 6) is -0.682. The first kappa shape index (κ1) is 18.8. The van der Waals surface area contributed by atoms with Gasteiger partial charge in [0.2, 0.25) is 0 Å². The van der Waals surface area contributed by atoms with Gasteiger partial charge in [-0.25, -0.2) is 0 Å². The fourth-order valence-corrected chi connectivity index (χ4v) is 2.35. The summed E-state index contributed by atoms with van der Waals surface area (Å²) in [5.41, 5.74) is 1.45. The molecule has 0 saturated heterocycles. The van der Waals surface area contributed by atoms with Crippen LogP contribution in [-0.4, -0.2) is 35.8 Å². The number of hydrogen-bond donors (Lipinski definition) is 3. The third-order valence-corrected chi connectivity index (χ3v) is 3.77. The zero-order chi connectivity index (χ0) is 19.8. The highest BCUT2D eigenvalue weighted by molar-refractivity contribution is 6.04. The minimum absolute atomic E-state index is 0.218. The van der Waals surface area contributed by atoms with Gasteiger partial charge in [-0.15, -0.1) is 0 Å². The molecule has 0 unspecified atom stereocenters. The molecule has 1 aromatic carbocycles. The molecule has 0 radical (unpaired) electrons. The van der Waals surface area contributed by atoms with Crippen molar-refractivity contribution in [1.29, 1.82) is 0 Å². The summed E-state index contributed by atoms with van der Waals surface area (Å²) in [6, 6.07) is 13.0. The molecule has 0 saturated carbocycles. The van der Waals surface area contributed by atoms with Gasteiger partial charge in [0, 0.05) is 36.7 Å². The monoisotopic (exact) mass is 378 g/mol. The minimum atomic E-state index is -0.340. The van der Waals surface area contributed by atoms with E-state index in [0.29, 0.717) is 16.8 Å². The van der Waals surface area contributed by atoms with Crippen molar-refractivity contribution in [2.24, 2.45) is 0 Å². The smallest absolute Gasteiger partial charge is 0.287 e. The summed E-state index contributed by atoms with van der Waals surface area (Å²) in [6.07, 6.45) is 4.48. The molecule has 0 spiro atoms. The van der Waals surface area contributed by atoms with Gasteiger partial charge in [0.05, 0.1) is 11.8 Å². The molecule has 8 nitrogen and oxygen atoms in total. The van der Waals surface area contributed by atoms with Gasteiger partial charge in [0.25, 0.3) is 17.7 Å². The Balaban J connectivity index is 1.44. The predicted molar refractivity (Wildman–Crippen MR) is 102 cm³/mol. The Labute approximate surface area is 161 Å². The topological polar surface area (TPSA) is 113 Å². The van der Waals surface area contributed by atoms with Crippen molar-refractivity contribution in [2.45, 2.75) is 0 Å². The summed E-state index contributed by atoms with van der Waals surface area (Å²) in [7, 11) is 0. The van der Waals surface area contributed by atoms with Crippen LogP contribution in [0.3, 0.4) is 0 Å². The first-order valence-corrected chi connectivity index (χ1v) is 8.55. The van der Waals surface area contributed by atoms with Crippen LogP contribution < -0.4 is 16.0 Å². The Morgan fingerprint density at radius 3 is 2.21 bits per heavy atom. The maximum absolute atomic E-state index is 12.1. The molecule has 8 heteroatoms. The van der Waals surface area contributed by atoms with E-state index in [4.69, 9.17) is 4.42 Å². The summed E-state index contributed by atoms with van der Waals surface area (Å²) in [6.45, 7) is 0.537. The molecule has 0 aliphatic rings. The lowest BCUT2D eigenvalue weighted by Gasteiger charge is -2.08. The third kappa shape index (κ3) is 5.04. The molecular formula is C20H18N4O4. The number of nitrogens with zero attached hydrogens (tertiary/aromatic N) is 1. The number of nitrogens with one attached hydrogen (secondary N) is 3. The molecule has 0 fully saturated rings. The standard InChI is InChI=1S/C20H18N4O4/c25-18(22-10-11-23-20(27)17-4-2-12-28-17)14-5-7-16(8-6-14)24-19(26)15-3-1-9-21-13-15/h1-9,12-13H,10-11H2,(H,22,25)(H,23,27)(H,24,26). The van der Waals surface area contributed by atoms with Gasteiger partial charge in [-0.2, -0.15) is 0 Å². The average Bonchev–Trinajstić information content (AvgIpc) is 3.27. The summed E-state index contributed by atoms with van der Waals surface area (Å²) < 4.78 is 4.98. The molecule has 0 aliphatic carbocycles. The highest BCUT2D eigenvalue weighted by Crippen LogP contribution is 2.11. The van der Waals surface area contributed by atoms with E-state index in [-0.39, 0.29) is 36.6 Å². The number of amides is 3. The molecule has 3 rings (SSSR count). The second-order valence-electron chi connectivity index (χ2n) is 5.76. The van der Waals surface area contributed by atoms with Crippen LogP contribution >= 0.6 is 0 Å². The lowest BCUT2D eigenvalue weighted by atomic mass is 10.2. The Kier molecular flexibility index (Phi) is 6.14. The molecule has 3 aromatic rings. The number of carbonyl (C=O) groups is 3. The summed E-state index contributed by atoms with van der Waals surface area (Å²) in [5, 5.41) is 8.08. The molecule has 0 atom stereocenters. The average molecular weight is 378 g/mol. The number of rotatable bonds is 7. The van der Waals surface area contributed by atoms with Gasteiger partial charge >= 0.3 is 0 Å². The zero-order valence-corrected chi connectivity index (χ0v) is 14.8. The number of carbonyl (C=O) groups excluding carboxylic acids is 3. The van der Waals surface area contributed by atoms with Crippen LogP contribution in [0, 0.1) is 0 Å². The van der Waals surface area contributed by atoms with Crippen LogP contribution in [0.15, 0.2) is 71.6 Å². The predicted octanol–water partition coefficient (Wildman–Crippen LogP) is 2.09. The van der Waals surface area contributed by atoms with E-state index in [9.17, 15) is 14.4 Å². The number of furan rings is 1. The van der Waals surface area contributed by atoms with E-state index in [0.717, 1.165) is 0 Å². The highest BCUT2D eigenvalue weighted by atomic mass is 16.3. The molecule has 0 aliphatic heterocycles. The summed E-state index contributed by atoms with van der Waals surface area (Å²) >= 11 is 0. The van der Waals surface area contributed by atoms with Gasteiger partial charge < -0.3 is 20.4 Å². The van der Waals surface area contributed by atoms with Gasteiger partial charge in [-0.1, -0.05) is 0 Å². The normalized spacial score (nSPS) is 10.1. The Bertz CT molecular complexity index is 938. The molecule has 2 aromatic heterocycles. The SMILES string of the molecule is O=C(NCCNC(=O)c1ccco1)c1ccc(NC(=O)c2cccnc2)cc1. The van der Waals surface area contributed by atoms with E-state index < -0.39 is 0 Å². The van der Waals surface area contributed by atoms with Crippen LogP contribution in [0.25, 0.3) is 0 Å². The molecule has 28 heavy (non-hydrogen) atoms. The fraction of sp³-hybridized carbons (Fsp3) is 0.100. The fourth-order valence-electron chi connectivity index (χ4n) is 2.35. The number of hydrogen-bond acceptors (Lipinski definition) is 5. The van der Waals surface area contributed by atoms with Gasteiger partial charge in [-0.05, 0) is 48.5 Å². The maximum Gasteiger partial charge on any atom is 0.287 e. The van der Waals surface area contributed by atoms with Crippen LogP contribution in [-0.2, 0) is 0 Å². The number of benzene rings is 1. The van der Waals surface area contributed by atoms with Crippen molar-refractivity contribution in [3.63, 3.8) is 0 Å². The van der Waals surface area contributed by atoms with Crippen molar-refractivity contribution in [2.75, 3.05) is 18.4 Å². The lowest BCUT2D eigenvalue weighted by Crippen LogP contribution is -2.34. The molecule has 2 heterocycles. The first-order chi connectivity index (χ1) is 13.6. The van der Waals surface area contributed by atoms with E-state index in [1.807, 2.05) is 0 Å². The van der Waals surface area contributed by atoms with Gasteiger partial charge in [-0.3, -0.25) is 19.4 Å². The van der Waals surface area contributed by atoms with Crippen molar-refractivity contribution in [3.05, 3.63) is 84.1 Å². The van der Waals surface area contributed by atoms with Crippen molar-refractivity contribution >= 4 is 23.4 Å². The van der Waals surface area contributed by atoms with Crippen molar-refractivity contribution in [1.82, 2.24) is 15.6 Å². The van der Waals surface area contributed by atoms with Gasteiger partial charge in [0.15, 0.2) is 5.76 Å². The highest BCUT2D eigenvalue weighted by Gasteiger charge is 2.09. The van der Waals surface area contributed by atoms with E-state index in [2.05, 4.69) is 20.9 Å². The molecule has 3 N–H and O–H groups in total. The van der Waals surface area contributed by atoms with Crippen LogP contribution in [0.1, 0.15) is 31.3 Å². The number of aromatic nitrogens is 1. The Hall–Kier alpha value is -3.94.